The quantitative estimate of drug-likeness (QED) is 0.501. The second-order valence-electron chi connectivity index (χ2n) is 7.54. The molecule has 10 heteroatoms. The number of nitrogens with zero attached hydrogens (tertiary/aromatic N) is 5. The van der Waals surface area contributed by atoms with E-state index in [9.17, 15) is 9.59 Å². The summed E-state index contributed by atoms with van der Waals surface area (Å²) in [7, 11) is 1.81. The summed E-state index contributed by atoms with van der Waals surface area (Å²) in [5.74, 6) is 0.777. The number of carbonyl (C=O) groups excluding carboxylic acids is 2. The van der Waals surface area contributed by atoms with Crippen LogP contribution in [0.2, 0.25) is 0 Å². The van der Waals surface area contributed by atoms with Crippen LogP contribution in [0.3, 0.4) is 0 Å². The molecule has 0 saturated carbocycles. The molecule has 1 aliphatic heterocycles. The van der Waals surface area contributed by atoms with E-state index in [1.807, 2.05) is 26.0 Å². The Kier molecular flexibility index (Phi) is 7.81. The number of likely N-dealkylation sites (N-methyl/N-ethyl adjacent to an activating group) is 1. The van der Waals surface area contributed by atoms with Crippen molar-refractivity contribution >= 4 is 33.4 Å². The maximum absolute atomic E-state index is 13.0. The molecule has 1 aliphatic rings. The number of furan rings is 1. The van der Waals surface area contributed by atoms with E-state index < -0.39 is 0 Å². The molecule has 2 aromatic heterocycles. The number of hydrogen-bond donors (Lipinski definition) is 0. The van der Waals surface area contributed by atoms with Gasteiger partial charge in [-0.15, -0.1) is 10.2 Å². The van der Waals surface area contributed by atoms with Gasteiger partial charge in [0.2, 0.25) is 22.1 Å². The number of hydrogen-bond acceptors (Lipinski definition) is 8. The second kappa shape index (κ2) is 10.5. The van der Waals surface area contributed by atoms with Crippen molar-refractivity contribution in [1.82, 2.24) is 15.1 Å². The monoisotopic (exact) mass is 435 g/mol. The fraction of sp³-hybridized carbons (Fsp3) is 0.600. The minimum absolute atomic E-state index is 0.0348. The summed E-state index contributed by atoms with van der Waals surface area (Å²) in [6, 6.07) is 3.67. The first-order valence-corrected chi connectivity index (χ1v) is 11.0. The van der Waals surface area contributed by atoms with Crippen LogP contribution in [0.4, 0.5) is 10.3 Å². The van der Waals surface area contributed by atoms with Crippen LogP contribution in [-0.2, 0) is 20.9 Å². The van der Waals surface area contributed by atoms with Crippen LogP contribution in [0.1, 0.15) is 38.9 Å². The summed E-state index contributed by atoms with van der Waals surface area (Å²) in [6.07, 6.45) is 3.90. The number of rotatable bonds is 11. The van der Waals surface area contributed by atoms with Crippen LogP contribution < -0.4 is 9.80 Å². The first kappa shape index (κ1) is 22.2. The Hall–Kier alpha value is -2.46. The largest absolute Gasteiger partial charge is 0.467 e. The lowest BCUT2D eigenvalue weighted by Gasteiger charge is -2.24. The normalized spacial score (nSPS) is 14.0. The van der Waals surface area contributed by atoms with Gasteiger partial charge in [0, 0.05) is 33.2 Å². The molecule has 0 unspecified atom stereocenters. The van der Waals surface area contributed by atoms with Crippen molar-refractivity contribution in [1.29, 1.82) is 0 Å². The molecule has 0 bridgehead atoms. The molecular formula is C20H29N5O4S. The van der Waals surface area contributed by atoms with Gasteiger partial charge in [0.05, 0.1) is 25.5 Å². The molecule has 3 rings (SSSR count). The third-order valence-electron chi connectivity index (χ3n) is 4.71. The number of amides is 2. The maximum Gasteiger partial charge on any atom is 0.242 e. The van der Waals surface area contributed by atoms with Gasteiger partial charge in [0.25, 0.3) is 0 Å². The predicted molar refractivity (Wildman–Crippen MR) is 115 cm³/mol. The van der Waals surface area contributed by atoms with Gasteiger partial charge in [-0.25, -0.2) is 0 Å². The van der Waals surface area contributed by atoms with Crippen LogP contribution in [-0.4, -0.2) is 66.3 Å². The molecule has 2 aromatic rings. The van der Waals surface area contributed by atoms with Crippen molar-refractivity contribution in [3.05, 3.63) is 24.2 Å². The zero-order valence-corrected chi connectivity index (χ0v) is 18.6. The number of ether oxygens (including phenoxy) is 1. The molecule has 1 fully saturated rings. The van der Waals surface area contributed by atoms with Gasteiger partial charge in [-0.05, 0) is 38.8 Å². The Labute approximate surface area is 180 Å². The van der Waals surface area contributed by atoms with Crippen LogP contribution in [0.15, 0.2) is 22.8 Å². The number of carbonyl (C=O) groups is 2. The Morgan fingerprint density at radius 1 is 1.40 bits per heavy atom. The van der Waals surface area contributed by atoms with Crippen LogP contribution in [0, 0.1) is 0 Å². The molecule has 2 amide bonds. The van der Waals surface area contributed by atoms with Gasteiger partial charge < -0.3 is 19.0 Å². The molecule has 0 N–H and O–H groups in total. The third kappa shape index (κ3) is 6.02. The molecular weight excluding hydrogens is 406 g/mol. The van der Waals surface area contributed by atoms with Gasteiger partial charge in [0.1, 0.15) is 5.76 Å². The number of anilines is 2. The topological polar surface area (TPSA) is 92.0 Å². The molecule has 0 atom stereocenters. The van der Waals surface area contributed by atoms with Crippen molar-refractivity contribution in [3.8, 4) is 0 Å². The number of aromatic nitrogens is 2. The van der Waals surface area contributed by atoms with Crippen LogP contribution >= 0.6 is 11.3 Å². The average Bonchev–Trinajstić information content (AvgIpc) is 3.45. The van der Waals surface area contributed by atoms with E-state index in [2.05, 4.69) is 10.2 Å². The summed E-state index contributed by atoms with van der Waals surface area (Å²) in [4.78, 5) is 30.1. The van der Waals surface area contributed by atoms with Crippen molar-refractivity contribution in [2.75, 3.05) is 43.1 Å². The van der Waals surface area contributed by atoms with Crippen molar-refractivity contribution in [2.24, 2.45) is 0 Å². The van der Waals surface area contributed by atoms with E-state index in [-0.39, 0.29) is 24.5 Å². The minimum Gasteiger partial charge on any atom is -0.467 e. The smallest absolute Gasteiger partial charge is 0.242 e. The van der Waals surface area contributed by atoms with Crippen molar-refractivity contribution in [3.63, 3.8) is 0 Å². The molecule has 0 aliphatic carbocycles. The first-order valence-electron chi connectivity index (χ1n) is 10.2. The summed E-state index contributed by atoms with van der Waals surface area (Å²) in [6.45, 7) is 6.40. The Bertz CT molecular complexity index is 823. The van der Waals surface area contributed by atoms with E-state index in [1.54, 1.807) is 28.0 Å². The van der Waals surface area contributed by atoms with E-state index in [1.165, 1.54) is 11.3 Å². The highest BCUT2D eigenvalue weighted by Crippen LogP contribution is 2.29. The van der Waals surface area contributed by atoms with Gasteiger partial charge in [-0.1, -0.05) is 11.3 Å². The van der Waals surface area contributed by atoms with Crippen LogP contribution in [0.25, 0.3) is 0 Å². The predicted octanol–water partition coefficient (Wildman–Crippen LogP) is 2.54. The van der Waals surface area contributed by atoms with E-state index in [0.29, 0.717) is 42.9 Å². The molecule has 1 saturated heterocycles. The maximum atomic E-state index is 13.0. The summed E-state index contributed by atoms with van der Waals surface area (Å²) < 4.78 is 11.0. The molecule has 0 spiro atoms. The van der Waals surface area contributed by atoms with E-state index in [4.69, 9.17) is 9.15 Å². The lowest BCUT2D eigenvalue weighted by atomic mass is 10.3. The molecule has 3 heterocycles. The zero-order valence-electron chi connectivity index (χ0n) is 17.7. The first-order chi connectivity index (χ1) is 14.4. The lowest BCUT2D eigenvalue weighted by molar-refractivity contribution is -0.130. The highest BCUT2D eigenvalue weighted by molar-refractivity contribution is 7.19. The van der Waals surface area contributed by atoms with E-state index in [0.717, 1.165) is 18.6 Å². The summed E-state index contributed by atoms with van der Waals surface area (Å²) in [5, 5.41) is 9.50. The lowest BCUT2D eigenvalue weighted by Crippen LogP contribution is -2.39. The Morgan fingerprint density at radius 3 is 2.90 bits per heavy atom. The van der Waals surface area contributed by atoms with Gasteiger partial charge in [0.15, 0.2) is 0 Å². The average molecular weight is 436 g/mol. The molecule has 30 heavy (non-hydrogen) atoms. The minimum atomic E-state index is -0.0348. The standard InChI is InChI=1S/C20H29N5O4S/c1-15(2)28-12-6-9-24(13-16-7-5-11-29-16)18(27)14-23(3)19-21-22-20(30-19)25-10-4-8-17(25)26/h5,7,11,15H,4,6,8-10,12-14H2,1-3H3. The van der Waals surface area contributed by atoms with Crippen LogP contribution in [0.5, 0.6) is 0 Å². The van der Waals surface area contributed by atoms with Gasteiger partial charge in [-0.2, -0.15) is 0 Å². The molecule has 164 valence electrons. The summed E-state index contributed by atoms with van der Waals surface area (Å²) in [5.41, 5.74) is 0. The highest BCUT2D eigenvalue weighted by atomic mass is 32.1. The van der Waals surface area contributed by atoms with Gasteiger partial charge >= 0.3 is 0 Å². The molecule has 0 aromatic carbocycles. The fourth-order valence-corrected chi connectivity index (χ4v) is 4.00. The Balaban J connectivity index is 1.59. The SMILES string of the molecule is CC(C)OCCCN(Cc1ccco1)C(=O)CN(C)c1nnc(N2CCCC2=O)s1. The Morgan fingerprint density at radius 2 is 2.23 bits per heavy atom. The third-order valence-corrected chi connectivity index (χ3v) is 5.77. The second-order valence-corrected chi connectivity index (χ2v) is 8.47. The van der Waals surface area contributed by atoms with Gasteiger partial charge in [-0.3, -0.25) is 14.5 Å². The van der Waals surface area contributed by atoms with E-state index >= 15 is 0 Å². The van der Waals surface area contributed by atoms with Crippen molar-refractivity contribution in [2.45, 2.75) is 45.8 Å². The molecule has 9 nitrogen and oxygen atoms in total. The zero-order chi connectivity index (χ0) is 21.5. The molecule has 0 radical (unpaired) electrons. The van der Waals surface area contributed by atoms with Crippen molar-refractivity contribution < 1.29 is 18.7 Å². The highest BCUT2D eigenvalue weighted by Gasteiger charge is 2.26. The summed E-state index contributed by atoms with van der Waals surface area (Å²) >= 11 is 1.33. The fourth-order valence-electron chi connectivity index (χ4n) is 3.15.